The van der Waals surface area contributed by atoms with Crippen molar-refractivity contribution in [3.8, 4) is 5.75 Å². The smallest absolute Gasteiger partial charge is 0.870 e. The fourth-order valence-corrected chi connectivity index (χ4v) is 3.96. The van der Waals surface area contributed by atoms with Gasteiger partial charge in [0.15, 0.2) is 0 Å². The summed E-state index contributed by atoms with van der Waals surface area (Å²) in [6, 6.07) is 8.45. The second-order valence-electron chi connectivity index (χ2n) is 5.81. The first-order valence-corrected chi connectivity index (χ1v) is 10.6. The van der Waals surface area contributed by atoms with Gasteiger partial charge in [-0.2, -0.15) is 13.5 Å². The van der Waals surface area contributed by atoms with Crippen LogP contribution in [0.15, 0.2) is 68.6 Å². The van der Waals surface area contributed by atoms with Crippen LogP contribution in [0.2, 0.25) is 0 Å². The van der Waals surface area contributed by atoms with E-state index in [1.54, 1.807) is 0 Å². The summed E-state index contributed by atoms with van der Waals surface area (Å²) in [5.41, 5.74) is -1.24. The maximum absolute atomic E-state index is 12.8. The van der Waals surface area contributed by atoms with Gasteiger partial charge in [0.2, 0.25) is 0 Å². The van der Waals surface area contributed by atoms with Crippen molar-refractivity contribution in [1.29, 1.82) is 0 Å². The van der Waals surface area contributed by atoms with Crippen molar-refractivity contribution in [2.45, 2.75) is 9.79 Å². The average Bonchev–Trinajstić information content (AvgIpc) is 2.65. The van der Waals surface area contributed by atoms with Gasteiger partial charge in [0.05, 0.1) is 21.2 Å². The number of rotatable bonds is 5. The van der Waals surface area contributed by atoms with Crippen LogP contribution >= 0.6 is 0 Å². The Morgan fingerprint density at radius 3 is 2.00 bits per heavy atom. The van der Waals surface area contributed by atoms with Crippen LogP contribution in [0.25, 0.3) is 10.8 Å². The number of hydrogen-bond acceptors (Lipinski definition) is 10. The van der Waals surface area contributed by atoms with E-state index < -0.39 is 51.8 Å². The van der Waals surface area contributed by atoms with Crippen LogP contribution in [0.3, 0.4) is 0 Å². The van der Waals surface area contributed by atoms with Crippen molar-refractivity contribution in [3.05, 3.63) is 58.6 Å². The molecule has 16 heteroatoms. The quantitative estimate of drug-likeness (QED) is 0.121. The number of benzene rings is 3. The molecule has 3 aromatic rings. The van der Waals surface area contributed by atoms with Crippen LogP contribution in [-0.4, -0.2) is 30.9 Å². The first kappa shape index (κ1) is 28.6. The van der Waals surface area contributed by atoms with Gasteiger partial charge in [-0.1, -0.05) is 17.9 Å². The largest absolute Gasteiger partial charge is 1.00 e. The van der Waals surface area contributed by atoms with Gasteiger partial charge in [0, 0.05) is 12.1 Å². The number of nitro groups is 1. The molecule has 0 aliphatic carbocycles. The maximum Gasteiger partial charge on any atom is 1.00 e. The van der Waals surface area contributed by atoms with Crippen LogP contribution in [0.5, 0.6) is 5.75 Å². The molecular weight excluding hydrogens is 488 g/mol. The average molecular weight is 497 g/mol. The second kappa shape index (κ2) is 10.6. The Hall–Kier alpha value is -1.46. The Bertz CT molecular complexity index is 1430. The van der Waals surface area contributed by atoms with Gasteiger partial charge < -0.3 is 9.66 Å². The predicted molar refractivity (Wildman–Crippen MR) is 98.4 cm³/mol. The topological polar surface area (TPSA) is 202 Å². The second-order valence-corrected chi connectivity index (χ2v) is 8.55. The third-order valence-electron chi connectivity index (χ3n) is 3.89. The summed E-state index contributed by atoms with van der Waals surface area (Å²) in [6.45, 7) is 0. The Labute approximate surface area is 225 Å². The molecule has 0 saturated carbocycles. The third kappa shape index (κ3) is 6.11. The van der Waals surface area contributed by atoms with Gasteiger partial charge in [-0.25, -0.2) is 8.42 Å². The number of nitrogens with zero attached hydrogens (tertiary/aromatic N) is 3. The fourth-order valence-electron chi connectivity index (χ4n) is 2.60. The molecule has 3 aromatic carbocycles. The van der Waals surface area contributed by atoms with Crippen molar-refractivity contribution < 1.29 is 95.1 Å². The van der Waals surface area contributed by atoms with Gasteiger partial charge in [0.1, 0.15) is 15.0 Å². The third-order valence-corrected chi connectivity index (χ3v) is 5.64. The van der Waals surface area contributed by atoms with Gasteiger partial charge in [0.25, 0.3) is 15.8 Å². The van der Waals surface area contributed by atoms with E-state index in [1.165, 1.54) is 6.07 Å². The summed E-state index contributed by atoms with van der Waals surface area (Å²) >= 11 is 0. The molecule has 0 amide bonds. The Kier molecular flexibility index (Phi) is 9.51. The molecule has 1 N–H and O–H groups in total. The molecule has 0 saturated heterocycles. The van der Waals surface area contributed by atoms with E-state index in [0.717, 1.165) is 42.5 Å². The molecule has 0 aromatic heterocycles. The summed E-state index contributed by atoms with van der Waals surface area (Å²) in [5, 5.41) is 29.7. The van der Waals surface area contributed by atoms with E-state index in [2.05, 4.69) is 10.2 Å². The molecule has 12 nitrogen and oxygen atoms in total. The molecule has 32 heavy (non-hydrogen) atoms. The summed E-state index contributed by atoms with van der Waals surface area (Å²) < 4.78 is 67.4. The van der Waals surface area contributed by atoms with Crippen LogP contribution in [0.4, 0.5) is 17.1 Å². The maximum atomic E-state index is 12.8. The van der Waals surface area contributed by atoms with E-state index in [9.17, 15) is 41.2 Å². The van der Waals surface area contributed by atoms with Gasteiger partial charge in [-0.3, -0.25) is 14.7 Å². The molecule has 0 radical (unpaired) electrons. The molecular formula is C16H9N3Na2O9S2. The Morgan fingerprint density at radius 1 is 0.906 bits per heavy atom. The zero-order valence-corrected chi connectivity index (χ0v) is 22.1. The summed E-state index contributed by atoms with van der Waals surface area (Å²) in [6.07, 6.45) is 0. The zero-order chi connectivity index (χ0) is 22.3. The molecule has 0 spiro atoms. The molecule has 3 rings (SSSR count). The van der Waals surface area contributed by atoms with E-state index in [1.807, 2.05) is 0 Å². The minimum atomic E-state index is -5.22. The van der Waals surface area contributed by atoms with E-state index >= 15 is 0 Å². The molecule has 156 valence electrons. The normalized spacial score (nSPS) is 11.7. The van der Waals surface area contributed by atoms with Crippen LogP contribution < -0.4 is 64.2 Å². The van der Waals surface area contributed by atoms with Crippen molar-refractivity contribution >= 4 is 48.1 Å². The summed E-state index contributed by atoms with van der Waals surface area (Å²) in [7, 11) is -10.1. The Balaban J connectivity index is 0.00000256. The summed E-state index contributed by atoms with van der Waals surface area (Å²) in [4.78, 5) is 8.16. The standard InChI is InChI=1S/C16H11N3O9S2.2Na/c20-16-14-9(2-1-3-12(14)29(23,24)25)8-13(30(26,27)28)15(16)18-17-10-4-6-11(7-5-10)19(21)22;;/h1-8,20H,(H,23,24,25)(H,26,27,28);;/q;2*+1/p-2. The van der Waals surface area contributed by atoms with Crippen LogP contribution in [0.1, 0.15) is 0 Å². The molecule has 0 fully saturated rings. The molecule has 0 atom stereocenters. The van der Waals surface area contributed by atoms with Gasteiger partial charge in [-0.05, 0) is 35.0 Å². The fraction of sp³-hybridized carbons (Fsp3) is 0. The number of hydrogen-bond donors (Lipinski definition) is 1. The first-order valence-electron chi connectivity index (χ1n) is 7.76. The Morgan fingerprint density at radius 2 is 1.50 bits per heavy atom. The van der Waals surface area contributed by atoms with Gasteiger partial charge in [-0.15, -0.1) is 5.11 Å². The van der Waals surface area contributed by atoms with Crippen molar-refractivity contribution in [2.75, 3.05) is 0 Å². The van der Waals surface area contributed by atoms with Crippen LogP contribution in [-0.2, 0) is 20.2 Å². The van der Waals surface area contributed by atoms with Crippen molar-refractivity contribution in [3.63, 3.8) is 0 Å². The minimum absolute atomic E-state index is 0. The van der Waals surface area contributed by atoms with E-state index in [4.69, 9.17) is 0 Å². The molecule has 0 heterocycles. The summed E-state index contributed by atoms with van der Waals surface area (Å²) in [5.74, 6) is -1.26. The molecule has 0 aliphatic rings. The van der Waals surface area contributed by atoms with Gasteiger partial charge >= 0.3 is 59.1 Å². The monoisotopic (exact) mass is 497 g/mol. The number of nitro benzene ring substituents is 1. The molecule has 0 bridgehead atoms. The first-order chi connectivity index (χ1) is 13.9. The SMILES string of the molecule is O=[N+]([O-])c1ccc(N=Nc2c(S(=O)(=O)[O-])cc3cccc(S(=O)(=O)O)c3c2[O-])cc1.[Na+].[Na+]. The van der Waals surface area contributed by atoms with E-state index in [-0.39, 0.29) is 75.9 Å². The molecule has 0 unspecified atom stereocenters. The van der Waals surface area contributed by atoms with Crippen molar-refractivity contribution in [1.82, 2.24) is 0 Å². The van der Waals surface area contributed by atoms with Crippen molar-refractivity contribution in [2.24, 2.45) is 10.2 Å². The number of fused-ring (bicyclic) bond motifs is 1. The predicted octanol–water partition coefficient (Wildman–Crippen LogP) is -3.60. The zero-order valence-electron chi connectivity index (χ0n) is 16.5. The number of non-ortho nitro benzene ring substituents is 1. The number of azo groups is 1. The van der Waals surface area contributed by atoms with Crippen LogP contribution in [0, 0.1) is 10.1 Å². The minimum Gasteiger partial charge on any atom is -0.870 e. The van der Waals surface area contributed by atoms with E-state index in [0.29, 0.717) is 0 Å². The molecule has 0 aliphatic heterocycles.